The summed E-state index contributed by atoms with van der Waals surface area (Å²) in [5, 5.41) is 0. The van der Waals surface area contributed by atoms with Crippen LogP contribution in [0.15, 0.2) is 48.5 Å². The number of hydrogen-bond acceptors (Lipinski definition) is 0. The van der Waals surface area contributed by atoms with Gasteiger partial charge in [0.15, 0.2) is 0 Å². The van der Waals surface area contributed by atoms with Crippen LogP contribution in [0.2, 0.25) is 0 Å². The predicted octanol–water partition coefficient (Wildman–Crippen LogP) is 7.39. The van der Waals surface area contributed by atoms with E-state index in [0.717, 1.165) is 0 Å². The van der Waals surface area contributed by atoms with Crippen LogP contribution in [0.4, 0.5) is 0 Å². The Labute approximate surface area is 155 Å². The Hall–Kier alpha value is -1.56. The Morgan fingerprint density at radius 1 is 0.520 bits per heavy atom. The molecule has 0 atom stereocenters. The second-order valence-electron chi connectivity index (χ2n) is 8.29. The van der Waals surface area contributed by atoms with Crippen molar-refractivity contribution < 1.29 is 0 Å². The quantitative estimate of drug-likeness (QED) is 0.470. The molecule has 2 aliphatic carbocycles. The highest BCUT2D eigenvalue weighted by molar-refractivity contribution is 5.59. The second-order valence-corrected chi connectivity index (χ2v) is 8.29. The summed E-state index contributed by atoms with van der Waals surface area (Å²) in [6.07, 6.45) is 2.47. The van der Waals surface area contributed by atoms with Gasteiger partial charge in [0.25, 0.3) is 0 Å². The van der Waals surface area contributed by atoms with Gasteiger partial charge in [-0.1, -0.05) is 104 Å². The van der Waals surface area contributed by atoms with Crippen LogP contribution in [0.25, 0.3) is 0 Å². The first-order valence-electron chi connectivity index (χ1n) is 10.1. The molecule has 0 aromatic heterocycles. The van der Waals surface area contributed by atoms with Gasteiger partial charge in [-0.2, -0.15) is 0 Å². The van der Waals surface area contributed by atoms with E-state index in [1.165, 1.54) is 12.8 Å². The lowest BCUT2D eigenvalue weighted by Gasteiger charge is -2.30. The molecular weight excluding hydrogens is 300 g/mol. The van der Waals surface area contributed by atoms with Crippen LogP contribution in [-0.4, -0.2) is 0 Å². The van der Waals surface area contributed by atoms with Crippen LogP contribution in [-0.2, 0) is 16.2 Å². The van der Waals surface area contributed by atoms with Crippen LogP contribution < -0.4 is 0 Å². The summed E-state index contributed by atoms with van der Waals surface area (Å²) in [7, 11) is 0. The van der Waals surface area contributed by atoms with E-state index >= 15 is 0 Å². The molecule has 136 valence electrons. The van der Waals surface area contributed by atoms with Crippen molar-refractivity contribution in [2.45, 2.75) is 84.5 Å². The highest BCUT2D eigenvalue weighted by atomic mass is 14.6. The van der Waals surface area contributed by atoms with Crippen molar-refractivity contribution in [3.8, 4) is 0 Å². The number of benzene rings is 2. The van der Waals surface area contributed by atoms with E-state index in [0.29, 0.717) is 0 Å². The van der Waals surface area contributed by atoms with E-state index < -0.39 is 0 Å². The second kappa shape index (κ2) is 6.98. The fourth-order valence-corrected chi connectivity index (χ4v) is 5.27. The number of hydrogen-bond donors (Lipinski definition) is 0. The Bertz CT molecular complexity index is 655. The van der Waals surface area contributed by atoms with Crippen LogP contribution in [0, 0.1) is 0 Å². The van der Waals surface area contributed by atoms with Crippen molar-refractivity contribution in [2.24, 2.45) is 0 Å². The summed E-state index contributed by atoms with van der Waals surface area (Å²) >= 11 is 0. The molecule has 0 saturated carbocycles. The van der Waals surface area contributed by atoms with Crippen LogP contribution in [0.5, 0.6) is 0 Å². The first kappa shape index (κ1) is 19.8. The molecule has 25 heavy (non-hydrogen) atoms. The third-order valence-electron chi connectivity index (χ3n) is 5.83. The van der Waals surface area contributed by atoms with Gasteiger partial charge in [0.2, 0.25) is 0 Å². The van der Waals surface area contributed by atoms with E-state index in [2.05, 4.69) is 76.2 Å². The minimum absolute atomic E-state index is 0.222. The van der Waals surface area contributed by atoms with Crippen molar-refractivity contribution in [3.05, 3.63) is 70.8 Å². The fourth-order valence-electron chi connectivity index (χ4n) is 5.27. The monoisotopic (exact) mass is 336 g/mol. The van der Waals surface area contributed by atoms with Crippen molar-refractivity contribution in [1.82, 2.24) is 0 Å². The minimum atomic E-state index is 0.222. The van der Waals surface area contributed by atoms with Gasteiger partial charge in [-0.15, -0.1) is 0 Å². The maximum Gasteiger partial charge on any atom is 0.0225 e. The van der Waals surface area contributed by atoms with Crippen molar-refractivity contribution in [2.75, 3.05) is 0 Å². The van der Waals surface area contributed by atoms with Gasteiger partial charge in [0, 0.05) is 5.41 Å². The molecule has 0 fully saturated rings. The normalized spacial score (nSPS) is 19.8. The standard InChI is InChI=1S/C21H24.2C2H6/c1-19(2)13-21(17-11-7-5-9-15(17)19)14-20(3,4)16-10-6-8-12-18(16)21;2*1-2/h5-12H,13-14H2,1-4H3;2*1-2H3. The Balaban J connectivity index is 0.000000528. The molecule has 0 saturated heterocycles. The molecule has 0 N–H and O–H groups in total. The molecular formula is C25H36. The Morgan fingerprint density at radius 3 is 1.12 bits per heavy atom. The van der Waals surface area contributed by atoms with E-state index in [9.17, 15) is 0 Å². The molecule has 1 spiro atoms. The zero-order chi connectivity index (χ0) is 18.9. The molecule has 0 bridgehead atoms. The van der Waals surface area contributed by atoms with Gasteiger partial charge in [-0.3, -0.25) is 0 Å². The van der Waals surface area contributed by atoms with Gasteiger partial charge >= 0.3 is 0 Å². The van der Waals surface area contributed by atoms with Gasteiger partial charge < -0.3 is 0 Å². The van der Waals surface area contributed by atoms with Crippen LogP contribution in [0.1, 0.15) is 90.5 Å². The topological polar surface area (TPSA) is 0 Å². The Kier molecular flexibility index (Phi) is 5.52. The van der Waals surface area contributed by atoms with Crippen LogP contribution >= 0.6 is 0 Å². The SMILES string of the molecule is CC.CC.CC1(C)CC2(CC(C)(C)c3ccccc32)c2ccccc21. The average molecular weight is 337 g/mol. The Morgan fingerprint density at radius 2 is 0.800 bits per heavy atom. The lowest BCUT2D eigenvalue weighted by atomic mass is 9.72. The van der Waals surface area contributed by atoms with Gasteiger partial charge in [0.1, 0.15) is 0 Å². The molecule has 0 heteroatoms. The summed E-state index contributed by atoms with van der Waals surface area (Å²) in [6.45, 7) is 17.6. The minimum Gasteiger partial charge on any atom is -0.0683 e. The molecule has 2 aromatic rings. The van der Waals surface area contributed by atoms with E-state index in [1.807, 2.05) is 27.7 Å². The van der Waals surface area contributed by atoms with E-state index in [4.69, 9.17) is 0 Å². The molecule has 0 nitrogen and oxygen atoms in total. The third kappa shape index (κ3) is 2.94. The molecule has 0 heterocycles. The zero-order valence-corrected chi connectivity index (χ0v) is 17.5. The van der Waals surface area contributed by atoms with Gasteiger partial charge in [-0.25, -0.2) is 0 Å². The van der Waals surface area contributed by atoms with Crippen molar-refractivity contribution >= 4 is 0 Å². The zero-order valence-electron chi connectivity index (χ0n) is 17.5. The summed E-state index contributed by atoms with van der Waals surface area (Å²) in [5.41, 5.74) is 7.02. The summed E-state index contributed by atoms with van der Waals surface area (Å²) < 4.78 is 0. The van der Waals surface area contributed by atoms with Crippen molar-refractivity contribution in [3.63, 3.8) is 0 Å². The van der Waals surface area contributed by atoms with E-state index in [-0.39, 0.29) is 16.2 Å². The number of rotatable bonds is 0. The lowest BCUT2D eigenvalue weighted by molar-refractivity contribution is 0.349. The van der Waals surface area contributed by atoms with E-state index in [1.54, 1.807) is 22.3 Å². The average Bonchev–Trinajstić information content (AvgIpc) is 3.00. The largest absolute Gasteiger partial charge is 0.0683 e. The fraction of sp³-hybridized carbons (Fsp3) is 0.520. The maximum absolute atomic E-state index is 2.41. The first-order chi connectivity index (χ1) is 11.9. The molecule has 0 amide bonds. The van der Waals surface area contributed by atoms with Gasteiger partial charge in [0.05, 0.1) is 0 Å². The summed E-state index contributed by atoms with van der Waals surface area (Å²) in [5.74, 6) is 0. The molecule has 0 radical (unpaired) electrons. The smallest absolute Gasteiger partial charge is 0.0225 e. The molecule has 0 aliphatic heterocycles. The van der Waals surface area contributed by atoms with Crippen molar-refractivity contribution in [1.29, 1.82) is 0 Å². The highest BCUT2D eigenvalue weighted by Crippen LogP contribution is 2.62. The maximum atomic E-state index is 2.41. The number of fused-ring (bicyclic) bond motifs is 4. The molecule has 0 unspecified atom stereocenters. The summed E-state index contributed by atoms with van der Waals surface area (Å²) in [4.78, 5) is 0. The molecule has 2 aliphatic rings. The summed E-state index contributed by atoms with van der Waals surface area (Å²) in [6, 6.07) is 18.3. The molecule has 4 rings (SSSR count). The predicted molar refractivity (Wildman–Crippen MR) is 112 cm³/mol. The lowest BCUT2D eigenvalue weighted by Crippen LogP contribution is -2.26. The van der Waals surface area contributed by atoms with Crippen LogP contribution in [0.3, 0.4) is 0 Å². The first-order valence-corrected chi connectivity index (χ1v) is 10.1. The van der Waals surface area contributed by atoms with Gasteiger partial charge in [-0.05, 0) is 45.9 Å². The molecule has 2 aromatic carbocycles. The third-order valence-corrected chi connectivity index (χ3v) is 5.83. The highest BCUT2D eigenvalue weighted by Gasteiger charge is 2.55.